The van der Waals surface area contributed by atoms with Gasteiger partial charge in [-0.3, -0.25) is 0 Å². The second-order valence-electron chi connectivity index (χ2n) is 3.78. The van der Waals surface area contributed by atoms with Crippen LogP contribution in [0.5, 0.6) is 17.2 Å². The summed E-state index contributed by atoms with van der Waals surface area (Å²) in [5.41, 5.74) is 0.785. The van der Waals surface area contributed by atoms with E-state index in [-0.39, 0.29) is 0 Å². The Hall–Kier alpha value is -1.68. The minimum atomic E-state index is -0.471. The van der Waals surface area contributed by atoms with Gasteiger partial charge in [-0.1, -0.05) is 13.0 Å². The van der Waals surface area contributed by atoms with Crippen LogP contribution in [0.4, 0.5) is 0 Å². The normalized spacial score (nSPS) is 12.5. The minimum Gasteiger partial charge on any atom is -0.496 e. The Morgan fingerprint density at radius 1 is 1.11 bits per heavy atom. The molecule has 1 rings (SSSR count). The first-order valence-electron chi connectivity index (χ1n) is 5.82. The average molecular weight is 252 g/mol. The van der Waals surface area contributed by atoms with Crippen LogP contribution in [-0.2, 0) is 0 Å². The number of hydrogen-bond donors (Lipinski definition) is 1. The summed E-state index contributed by atoms with van der Waals surface area (Å²) in [7, 11) is 4.76. The highest BCUT2D eigenvalue weighted by Crippen LogP contribution is 2.35. The van der Waals surface area contributed by atoms with Crippen LogP contribution < -0.4 is 14.2 Å². The zero-order valence-electron chi connectivity index (χ0n) is 11.3. The SMILES string of the molecule is CCC(O)C=Cc1c(OC)cc(OC)cc1OC. The second kappa shape index (κ2) is 6.91. The van der Waals surface area contributed by atoms with Gasteiger partial charge >= 0.3 is 0 Å². The number of hydrogen-bond acceptors (Lipinski definition) is 4. The first-order chi connectivity index (χ1) is 8.65. The van der Waals surface area contributed by atoms with Crippen molar-refractivity contribution < 1.29 is 19.3 Å². The Kier molecular flexibility index (Phi) is 5.52. The van der Waals surface area contributed by atoms with Gasteiger partial charge in [0, 0.05) is 12.1 Å². The van der Waals surface area contributed by atoms with Crippen molar-refractivity contribution in [3.63, 3.8) is 0 Å². The molecule has 0 aliphatic carbocycles. The molecule has 1 N–H and O–H groups in total. The maximum absolute atomic E-state index is 9.55. The van der Waals surface area contributed by atoms with E-state index in [4.69, 9.17) is 14.2 Å². The van der Waals surface area contributed by atoms with Crippen LogP contribution in [0, 0.1) is 0 Å². The Morgan fingerprint density at radius 3 is 2.06 bits per heavy atom. The van der Waals surface area contributed by atoms with Crippen LogP contribution in [0.3, 0.4) is 0 Å². The van der Waals surface area contributed by atoms with Crippen molar-refractivity contribution >= 4 is 6.08 Å². The van der Waals surface area contributed by atoms with Crippen LogP contribution in [0.2, 0.25) is 0 Å². The molecular formula is C14H20O4. The first-order valence-corrected chi connectivity index (χ1v) is 5.82. The monoisotopic (exact) mass is 252 g/mol. The van der Waals surface area contributed by atoms with Crippen LogP contribution in [-0.4, -0.2) is 32.5 Å². The molecule has 1 aromatic carbocycles. The lowest BCUT2D eigenvalue weighted by molar-refractivity contribution is 0.220. The fraction of sp³-hybridized carbons (Fsp3) is 0.429. The lowest BCUT2D eigenvalue weighted by Gasteiger charge is -2.12. The Bertz CT molecular complexity index is 387. The summed E-state index contributed by atoms with van der Waals surface area (Å²) in [6.45, 7) is 1.91. The summed E-state index contributed by atoms with van der Waals surface area (Å²) in [6, 6.07) is 3.56. The van der Waals surface area contributed by atoms with Crippen LogP contribution in [0.25, 0.3) is 6.08 Å². The molecule has 0 saturated heterocycles. The van der Waals surface area contributed by atoms with Crippen molar-refractivity contribution in [3.8, 4) is 17.2 Å². The molecule has 1 unspecified atom stereocenters. The zero-order chi connectivity index (χ0) is 13.5. The van der Waals surface area contributed by atoms with Crippen LogP contribution in [0.15, 0.2) is 18.2 Å². The minimum absolute atomic E-state index is 0.471. The largest absolute Gasteiger partial charge is 0.496 e. The number of ether oxygens (including phenoxy) is 3. The lowest BCUT2D eigenvalue weighted by atomic mass is 10.1. The summed E-state index contributed by atoms with van der Waals surface area (Å²) in [5, 5.41) is 9.55. The molecule has 0 amide bonds. The van der Waals surface area contributed by atoms with Crippen molar-refractivity contribution in [1.82, 2.24) is 0 Å². The van der Waals surface area contributed by atoms with Gasteiger partial charge in [-0.15, -0.1) is 0 Å². The summed E-state index contributed by atoms with van der Waals surface area (Å²) >= 11 is 0. The van der Waals surface area contributed by atoms with E-state index < -0.39 is 6.10 Å². The molecule has 1 aromatic rings. The highest BCUT2D eigenvalue weighted by Gasteiger charge is 2.10. The Labute approximate surface area is 108 Å². The van der Waals surface area contributed by atoms with E-state index >= 15 is 0 Å². The molecule has 0 fully saturated rings. The van der Waals surface area contributed by atoms with Crippen molar-refractivity contribution in [1.29, 1.82) is 0 Å². The Morgan fingerprint density at radius 2 is 1.67 bits per heavy atom. The third kappa shape index (κ3) is 3.40. The van der Waals surface area contributed by atoms with Gasteiger partial charge in [0.1, 0.15) is 17.2 Å². The highest BCUT2D eigenvalue weighted by molar-refractivity contribution is 5.66. The van der Waals surface area contributed by atoms with Crippen LogP contribution in [0.1, 0.15) is 18.9 Å². The molecule has 0 heterocycles. The third-order valence-electron chi connectivity index (χ3n) is 2.66. The van der Waals surface area contributed by atoms with Crippen molar-refractivity contribution in [2.75, 3.05) is 21.3 Å². The van der Waals surface area contributed by atoms with E-state index in [9.17, 15) is 5.11 Å². The molecule has 18 heavy (non-hydrogen) atoms. The molecule has 4 nitrogen and oxygen atoms in total. The molecule has 100 valence electrons. The number of benzene rings is 1. The first kappa shape index (κ1) is 14.4. The molecule has 0 radical (unpaired) electrons. The maximum Gasteiger partial charge on any atom is 0.133 e. The smallest absolute Gasteiger partial charge is 0.133 e. The van der Waals surface area contributed by atoms with E-state index in [0.29, 0.717) is 23.7 Å². The van der Waals surface area contributed by atoms with Crippen molar-refractivity contribution in [3.05, 3.63) is 23.8 Å². The molecule has 0 aliphatic rings. The van der Waals surface area contributed by atoms with Gasteiger partial charge in [-0.25, -0.2) is 0 Å². The predicted octanol–water partition coefficient (Wildman–Crippen LogP) is 2.50. The topological polar surface area (TPSA) is 47.9 Å². The molecule has 0 saturated carbocycles. The quantitative estimate of drug-likeness (QED) is 0.845. The van der Waals surface area contributed by atoms with E-state index in [1.807, 2.05) is 6.92 Å². The molecule has 0 spiro atoms. The molecule has 1 atom stereocenters. The maximum atomic E-state index is 9.55. The highest BCUT2D eigenvalue weighted by atomic mass is 16.5. The molecular weight excluding hydrogens is 232 g/mol. The fourth-order valence-corrected chi connectivity index (χ4v) is 1.54. The summed E-state index contributed by atoms with van der Waals surface area (Å²) in [5.74, 6) is 1.95. The van der Waals surface area contributed by atoms with Gasteiger partial charge < -0.3 is 19.3 Å². The second-order valence-corrected chi connectivity index (χ2v) is 3.78. The number of rotatable bonds is 6. The van der Waals surface area contributed by atoms with E-state index in [1.165, 1.54) is 0 Å². The van der Waals surface area contributed by atoms with E-state index in [2.05, 4.69) is 0 Å². The summed E-state index contributed by atoms with van der Waals surface area (Å²) in [6.07, 6.45) is 3.71. The standard InChI is InChI=1S/C14H20O4/c1-5-10(15)6-7-12-13(17-3)8-11(16-2)9-14(12)18-4/h6-10,15H,5H2,1-4H3. The average Bonchev–Trinajstić information content (AvgIpc) is 2.43. The van der Waals surface area contributed by atoms with Crippen molar-refractivity contribution in [2.45, 2.75) is 19.4 Å². The summed E-state index contributed by atoms with van der Waals surface area (Å²) in [4.78, 5) is 0. The van der Waals surface area contributed by atoms with Crippen LogP contribution >= 0.6 is 0 Å². The van der Waals surface area contributed by atoms with Gasteiger partial charge in [0.2, 0.25) is 0 Å². The van der Waals surface area contributed by atoms with Gasteiger partial charge in [-0.2, -0.15) is 0 Å². The lowest BCUT2D eigenvalue weighted by Crippen LogP contribution is -1.99. The molecule has 0 bridgehead atoms. The van der Waals surface area contributed by atoms with Crippen molar-refractivity contribution in [2.24, 2.45) is 0 Å². The van der Waals surface area contributed by atoms with Gasteiger partial charge in [0.25, 0.3) is 0 Å². The Balaban J connectivity index is 3.18. The summed E-state index contributed by atoms with van der Waals surface area (Å²) < 4.78 is 15.8. The third-order valence-corrected chi connectivity index (χ3v) is 2.66. The van der Waals surface area contributed by atoms with Gasteiger partial charge in [0.05, 0.1) is 33.0 Å². The predicted molar refractivity (Wildman–Crippen MR) is 71.4 cm³/mol. The van der Waals surface area contributed by atoms with E-state index in [0.717, 1.165) is 5.56 Å². The molecule has 0 aliphatic heterocycles. The van der Waals surface area contributed by atoms with Gasteiger partial charge in [-0.05, 0) is 12.5 Å². The van der Waals surface area contributed by atoms with Gasteiger partial charge in [0.15, 0.2) is 0 Å². The molecule has 0 aromatic heterocycles. The number of aliphatic hydroxyl groups excluding tert-OH is 1. The fourth-order valence-electron chi connectivity index (χ4n) is 1.54. The number of methoxy groups -OCH3 is 3. The zero-order valence-corrected chi connectivity index (χ0v) is 11.3. The number of aliphatic hydroxyl groups is 1. The molecule has 4 heteroatoms. The van der Waals surface area contributed by atoms with E-state index in [1.54, 1.807) is 45.6 Å².